The van der Waals surface area contributed by atoms with E-state index >= 15 is 0 Å². The second-order valence-electron chi connectivity index (χ2n) is 6.48. The number of carbonyl (C=O) groups is 1. The number of hydrogen-bond donors (Lipinski definition) is 1. The van der Waals surface area contributed by atoms with Gasteiger partial charge in [0, 0.05) is 17.5 Å². The normalized spacial score (nSPS) is 11.0. The van der Waals surface area contributed by atoms with Crippen molar-refractivity contribution in [2.75, 3.05) is 4.90 Å². The minimum Gasteiger partial charge on any atom is -0.465 e. The number of carboxylic acid groups (broad SMARTS) is 1. The van der Waals surface area contributed by atoms with Gasteiger partial charge in [-0.3, -0.25) is 4.90 Å². The first kappa shape index (κ1) is 16.8. The number of aryl methyl sites for hydroxylation is 1. The molecular formula is C22H17NO4. The van der Waals surface area contributed by atoms with Crippen LogP contribution in [-0.2, 0) is 6.54 Å². The van der Waals surface area contributed by atoms with Crippen molar-refractivity contribution in [3.05, 3.63) is 88.3 Å². The predicted octanol–water partition coefficient (Wildman–Crippen LogP) is 4.94. The average molecular weight is 359 g/mol. The van der Waals surface area contributed by atoms with Gasteiger partial charge >= 0.3 is 11.7 Å². The van der Waals surface area contributed by atoms with Crippen LogP contribution in [0.3, 0.4) is 0 Å². The summed E-state index contributed by atoms with van der Waals surface area (Å²) in [6.07, 6.45) is -1.07. The number of hydrogen-bond acceptors (Lipinski definition) is 3. The monoisotopic (exact) mass is 359 g/mol. The Morgan fingerprint density at radius 3 is 2.56 bits per heavy atom. The van der Waals surface area contributed by atoms with Crippen molar-refractivity contribution < 1.29 is 14.3 Å². The molecule has 0 saturated heterocycles. The van der Waals surface area contributed by atoms with Crippen LogP contribution in [0.4, 0.5) is 10.5 Å². The fourth-order valence-corrected chi connectivity index (χ4v) is 3.27. The maximum atomic E-state index is 11.9. The van der Waals surface area contributed by atoms with Gasteiger partial charge in [0.25, 0.3) is 0 Å². The second kappa shape index (κ2) is 6.61. The van der Waals surface area contributed by atoms with Gasteiger partial charge in [-0.15, -0.1) is 0 Å². The van der Waals surface area contributed by atoms with Gasteiger partial charge in [-0.05, 0) is 47.0 Å². The molecule has 5 heteroatoms. The van der Waals surface area contributed by atoms with E-state index in [4.69, 9.17) is 4.42 Å². The number of amides is 1. The van der Waals surface area contributed by atoms with Crippen LogP contribution in [-0.4, -0.2) is 11.2 Å². The van der Waals surface area contributed by atoms with E-state index in [-0.39, 0.29) is 6.54 Å². The maximum Gasteiger partial charge on any atom is 0.412 e. The topological polar surface area (TPSA) is 70.8 Å². The number of benzene rings is 3. The van der Waals surface area contributed by atoms with Gasteiger partial charge < -0.3 is 9.52 Å². The molecule has 27 heavy (non-hydrogen) atoms. The minimum absolute atomic E-state index is 0.196. The molecule has 5 nitrogen and oxygen atoms in total. The molecular weight excluding hydrogens is 342 g/mol. The fraction of sp³-hybridized carbons (Fsp3) is 0.0909. The van der Waals surface area contributed by atoms with E-state index in [1.54, 1.807) is 18.2 Å². The lowest BCUT2D eigenvalue weighted by Crippen LogP contribution is -2.28. The highest BCUT2D eigenvalue weighted by molar-refractivity contribution is 5.91. The van der Waals surface area contributed by atoms with Crippen LogP contribution in [0.25, 0.3) is 21.7 Å². The summed E-state index contributed by atoms with van der Waals surface area (Å²) in [6, 6.07) is 20.3. The molecule has 1 amide bonds. The molecule has 1 aromatic heterocycles. The van der Waals surface area contributed by atoms with Gasteiger partial charge in [0.1, 0.15) is 5.58 Å². The van der Waals surface area contributed by atoms with Gasteiger partial charge in [0.2, 0.25) is 0 Å². The standard InChI is InChI=1S/C22H17NO4/c1-14-10-21(24)27-20-12-18(8-9-19(14)20)23(22(25)26)13-15-6-7-16-4-2-3-5-17(16)11-15/h2-12H,13H2,1H3,(H,25,26). The van der Waals surface area contributed by atoms with Crippen molar-refractivity contribution in [2.24, 2.45) is 0 Å². The number of anilines is 1. The van der Waals surface area contributed by atoms with Gasteiger partial charge in [0.05, 0.1) is 12.2 Å². The summed E-state index contributed by atoms with van der Waals surface area (Å²) in [7, 11) is 0. The highest BCUT2D eigenvalue weighted by Gasteiger charge is 2.16. The molecule has 0 aliphatic heterocycles. The maximum absolute atomic E-state index is 11.9. The third kappa shape index (κ3) is 3.27. The molecule has 0 unspecified atom stereocenters. The molecule has 0 fully saturated rings. The van der Waals surface area contributed by atoms with Crippen LogP contribution < -0.4 is 10.5 Å². The van der Waals surface area contributed by atoms with Crippen molar-refractivity contribution >= 4 is 33.5 Å². The van der Waals surface area contributed by atoms with Crippen LogP contribution in [0.15, 0.2) is 75.9 Å². The van der Waals surface area contributed by atoms with Crippen LogP contribution >= 0.6 is 0 Å². The van der Waals surface area contributed by atoms with E-state index in [0.717, 1.165) is 27.3 Å². The summed E-state index contributed by atoms with van der Waals surface area (Å²) in [4.78, 5) is 24.8. The van der Waals surface area contributed by atoms with Gasteiger partial charge in [-0.2, -0.15) is 0 Å². The van der Waals surface area contributed by atoms with E-state index in [1.165, 1.54) is 11.0 Å². The van der Waals surface area contributed by atoms with E-state index in [9.17, 15) is 14.7 Å². The molecule has 0 spiro atoms. The Labute approximate surface area is 155 Å². The summed E-state index contributed by atoms with van der Waals surface area (Å²) < 4.78 is 5.25. The summed E-state index contributed by atoms with van der Waals surface area (Å²) in [5.41, 5.74) is 2.05. The molecule has 1 heterocycles. The molecule has 3 aromatic carbocycles. The summed E-state index contributed by atoms with van der Waals surface area (Å²) in [6.45, 7) is 2.02. The molecule has 134 valence electrons. The average Bonchev–Trinajstić information content (AvgIpc) is 2.65. The third-order valence-electron chi connectivity index (χ3n) is 4.63. The van der Waals surface area contributed by atoms with Crippen LogP contribution in [0.2, 0.25) is 0 Å². The smallest absolute Gasteiger partial charge is 0.412 e. The van der Waals surface area contributed by atoms with Gasteiger partial charge in [-0.25, -0.2) is 9.59 Å². The molecule has 0 saturated carbocycles. The van der Waals surface area contributed by atoms with E-state index in [1.807, 2.05) is 49.4 Å². The highest BCUT2D eigenvalue weighted by Crippen LogP contribution is 2.26. The van der Waals surface area contributed by atoms with Gasteiger partial charge in [-0.1, -0.05) is 36.4 Å². The Balaban J connectivity index is 1.74. The summed E-state index contributed by atoms with van der Waals surface area (Å²) in [5.74, 6) is 0. The highest BCUT2D eigenvalue weighted by atomic mass is 16.4. The van der Waals surface area contributed by atoms with E-state index in [0.29, 0.717) is 11.3 Å². The zero-order valence-electron chi connectivity index (χ0n) is 14.7. The van der Waals surface area contributed by atoms with Crippen LogP contribution in [0.5, 0.6) is 0 Å². The number of fused-ring (bicyclic) bond motifs is 2. The molecule has 0 aliphatic rings. The van der Waals surface area contributed by atoms with Crippen molar-refractivity contribution in [3.8, 4) is 0 Å². The lowest BCUT2D eigenvalue weighted by molar-refractivity contribution is 0.201. The molecule has 1 N–H and O–H groups in total. The Morgan fingerprint density at radius 2 is 1.78 bits per heavy atom. The Kier molecular flexibility index (Phi) is 4.12. The fourth-order valence-electron chi connectivity index (χ4n) is 3.27. The lowest BCUT2D eigenvalue weighted by atomic mass is 10.1. The predicted molar refractivity (Wildman–Crippen MR) is 105 cm³/mol. The van der Waals surface area contributed by atoms with E-state index < -0.39 is 11.7 Å². The Bertz CT molecular complexity index is 1230. The van der Waals surface area contributed by atoms with Crippen molar-refractivity contribution in [2.45, 2.75) is 13.5 Å². The summed E-state index contributed by atoms with van der Waals surface area (Å²) in [5, 5.41) is 12.7. The van der Waals surface area contributed by atoms with Crippen molar-refractivity contribution in [1.29, 1.82) is 0 Å². The molecule has 4 rings (SSSR count). The van der Waals surface area contributed by atoms with Crippen molar-refractivity contribution in [3.63, 3.8) is 0 Å². The first-order valence-corrected chi connectivity index (χ1v) is 8.54. The third-order valence-corrected chi connectivity index (χ3v) is 4.63. The largest absolute Gasteiger partial charge is 0.465 e. The van der Waals surface area contributed by atoms with Gasteiger partial charge in [0.15, 0.2) is 0 Å². The quantitative estimate of drug-likeness (QED) is 0.526. The number of rotatable bonds is 3. The lowest BCUT2D eigenvalue weighted by Gasteiger charge is -2.20. The molecule has 0 bridgehead atoms. The Hall–Kier alpha value is -3.60. The van der Waals surface area contributed by atoms with Crippen LogP contribution in [0.1, 0.15) is 11.1 Å². The zero-order chi connectivity index (χ0) is 19.0. The van der Waals surface area contributed by atoms with E-state index in [2.05, 4.69) is 0 Å². The molecule has 0 atom stereocenters. The van der Waals surface area contributed by atoms with Crippen LogP contribution in [0, 0.1) is 6.92 Å². The first-order chi connectivity index (χ1) is 13.0. The zero-order valence-corrected chi connectivity index (χ0v) is 14.7. The molecule has 0 aliphatic carbocycles. The molecule has 0 radical (unpaired) electrons. The summed E-state index contributed by atoms with van der Waals surface area (Å²) >= 11 is 0. The molecule has 4 aromatic rings. The Morgan fingerprint density at radius 1 is 1.00 bits per heavy atom. The first-order valence-electron chi connectivity index (χ1n) is 8.54. The second-order valence-corrected chi connectivity index (χ2v) is 6.48. The minimum atomic E-state index is -1.07. The number of nitrogens with zero attached hydrogens (tertiary/aromatic N) is 1. The SMILES string of the molecule is Cc1cc(=O)oc2cc(N(Cc3ccc4ccccc4c3)C(=O)O)ccc12. The van der Waals surface area contributed by atoms with Crippen molar-refractivity contribution in [1.82, 2.24) is 0 Å².